The normalized spacial score (nSPS) is 15.1. The van der Waals surface area contributed by atoms with Gasteiger partial charge in [0.2, 0.25) is 5.95 Å². The van der Waals surface area contributed by atoms with E-state index in [9.17, 15) is 4.79 Å². The molecule has 1 amide bonds. The van der Waals surface area contributed by atoms with Gasteiger partial charge in [0.1, 0.15) is 11.5 Å². The zero-order chi connectivity index (χ0) is 20.1. The van der Waals surface area contributed by atoms with E-state index in [4.69, 9.17) is 0 Å². The molecule has 1 unspecified atom stereocenters. The van der Waals surface area contributed by atoms with Crippen LogP contribution in [0, 0.1) is 0 Å². The van der Waals surface area contributed by atoms with Crippen molar-refractivity contribution < 1.29 is 4.79 Å². The smallest absolute Gasteiger partial charge is 0.272 e. The van der Waals surface area contributed by atoms with Crippen molar-refractivity contribution in [2.24, 2.45) is 0 Å². The first-order valence-corrected chi connectivity index (χ1v) is 9.80. The Kier molecular flexibility index (Phi) is 5.65. The third-order valence-electron chi connectivity index (χ3n) is 5.06. The lowest BCUT2D eigenvalue weighted by molar-refractivity contribution is 0.0740. The van der Waals surface area contributed by atoms with Gasteiger partial charge in [0.05, 0.1) is 6.04 Å². The van der Waals surface area contributed by atoms with Crippen LogP contribution in [0.3, 0.4) is 0 Å². The van der Waals surface area contributed by atoms with Crippen LogP contribution in [0.2, 0.25) is 0 Å². The first-order valence-electron chi connectivity index (χ1n) is 9.80. The highest BCUT2D eigenvalue weighted by molar-refractivity contribution is 5.92. The van der Waals surface area contributed by atoms with Gasteiger partial charge < -0.3 is 15.1 Å². The van der Waals surface area contributed by atoms with Crippen LogP contribution in [0.5, 0.6) is 0 Å². The molecule has 0 aliphatic carbocycles. The second-order valence-electron chi connectivity index (χ2n) is 7.01. The number of hydrogen-bond acceptors (Lipinski definition) is 6. The number of nitrogens with zero attached hydrogens (tertiary/aromatic N) is 5. The van der Waals surface area contributed by atoms with Crippen LogP contribution in [0.15, 0.2) is 67.0 Å². The number of aromatic nitrogens is 3. The summed E-state index contributed by atoms with van der Waals surface area (Å²) in [6.07, 6.45) is 3.42. The van der Waals surface area contributed by atoms with E-state index in [2.05, 4.69) is 25.2 Å². The predicted octanol–water partition coefficient (Wildman–Crippen LogP) is 3.01. The summed E-state index contributed by atoms with van der Waals surface area (Å²) < 4.78 is 0. The van der Waals surface area contributed by atoms with Gasteiger partial charge in [-0.2, -0.15) is 0 Å². The van der Waals surface area contributed by atoms with E-state index in [-0.39, 0.29) is 11.9 Å². The molecule has 7 heteroatoms. The fraction of sp³-hybridized carbons (Fsp3) is 0.273. The van der Waals surface area contributed by atoms with Crippen LogP contribution in [-0.2, 0) is 0 Å². The van der Waals surface area contributed by atoms with Gasteiger partial charge >= 0.3 is 0 Å². The number of pyridine rings is 1. The Morgan fingerprint density at radius 2 is 1.69 bits per heavy atom. The molecule has 1 aliphatic heterocycles. The lowest BCUT2D eigenvalue weighted by Gasteiger charge is -2.35. The molecule has 0 saturated carbocycles. The van der Waals surface area contributed by atoms with Gasteiger partial charge in [-0.1, -0.05) is 36.4 Å². The Bertz CT molecular complexity index is 942. The van der Waals surface area contributed by atoms with Crippen LogP contribution in [0.4, 0.5) is 11.8 Å². The molecule has 0 bridgehead atoms. The minimum Gasteiger partial charge on any atom is -0.353 e. The Morgan fingerprint density at radius 3 is 2.41 bits per heavy atom. The minimum atomic E-state index is -0.0662. The number of carbonyl (C=O) groups excluding carboxylic acids is 1. The third-order valence-corrected chi connectivity index (χ3v) is 5.06. The molecule has 1 aromatic carbocycles. The molecule has 1 atom stereocenters. The van der Waals surface area contributed by atoms with E-state index in [1.807, 2.05) is 60.4 Å². The fourth-order valence-electron chi connectivity index (χ4n) is 3.41. The van der Waals surface area contributed by atoms with Crippen LogP contribution < -0.4 is 10.2 Å². The van der Waals surface area contributed by atoms with Crippen LogP contribution >= 0.6 is 0 Å². The molecule has 1 N–H and O–H groups in total. The van der Waals surface area contributed by atoms with E-state index in [0.29, 0.717) is 24.7 Å². The maximum atomic E-state index is 12.9. The van der Waals surface area contributed by atoms with E-state index in [0.717, 1.165) is 24.5 Å². The summed E-state index contributed by atoms with van der Waals surface area (Å²) in [6, 6.07) is 17.7. The van der Waals surface area contributed by atoms with Crippen molar-refractivity contribution in [2.75, 3.05) is 36.4 Å². The standard InChI is InChI=1S/C22H24N6O/c1-17(18-7-3-2-4-8-18)25-22-24-12-10-19(26-22)21(29)28-15-13-27(14-16-28)20-9-5-6-11-23-20/h2-12,17H,13-16H2,1H3,(H,24,25,26). The summed E-state index contributed by atoms with van der Waals surface area (Å²) in [5.41, 5.74) is 1.55. The maximum absolute atomic E-state index is 12.9. The van der Waals surface area contributed by atoms with E-state index < -0.39 is 0 Å². The number of hydrogen-bond donors (Lipinski definition) is 1. The molecular weight excluding hydrogens is 364 g/mol. The second-order valence-corrected chi connectivity index (χ2v) is 7.01. The molecule has 29 heavy (non-hydrogen) atoms. The van der Waals surface area contributed by atoms with E-state index in [1.54, 1.807) is 18.5 Å². The lowest BCUT2D eigenvalue weighted by Crippen LogP contribution is -2.49. The average molecular weight is 388 g/mol. The summed E-state index contributed by atoms with van der Waals surface area (Å²) in [4.78, 5) is 30.1. The van der Waals surface area contributed by atoms with Crippen molar-refractivity contribution in [1.82, 2.24) is 19.9 Å². The summed E-state index contributed by atoms with van der Waals surface area (Å²) in [5, 5.41) is 3.28. The monoisotopic (exact) mass is 388 g/mol. The summed E-state index contributed by atoms with van der Waals surface area (Å²) in [6.45, 7) is 4.84. The molecule has 4 rings (SSSR count). The van der Waals surface area contributed by atoms with Crippen LogP contribution in [0.25, 0.3) is 0 Å². The van der Waals surface area contributed by atoms with Crippen molar-refractivity contribution in [1.29, 1.82) is 0 Å². The Morgan fingerprint density at radius 1 is 0.931 bits per heavy atom. The molecule has 0 spiro atoms. The molecule has 148 valence electrons. The molecule has 1 aliphatic rings. The summed E-state index contributed by atoms with van der Waals surface area (Å²) in [7, 11) is 0. The maximum Gasteiger partial charge on any atom is 0.272 e. The van der Waals surface area contributed by atoms with Gasteiger partial charge in [0.25, 0.3) is 5.91 Å². The second kappa shape index (κ2) is 8.68. The van der Waals surface area contributed by atoms with Gasteiger partial charge in [-0.3, -0.25) is 4.79 Å². The number of nitrogens with one attached hydrogen (secondary N) is 1. The zero-order valence-electron chi connectivity index (χ0n) is 16.4. The van der Waals surface area contributed by atoms with Gasteiger partial charge in [-0.05, 0) is 30.7 Å². The quantitative estimate of drug-likeness (QED) is 0.724. The fourth-order valence-corrected chi connectivity index (χ4v) is 3.41. The number of rotatable bonds is 5. The van der Waals surface area contributed by atoms with Crippen molar-refractivity contribution in [3.8, 4) is 0 Å². The summed E-state index contributed by atoms with van der Waals surface area (Å²) >= 11 is 0. The number of carbonyl (C=O) groups is 1. The van der Waals surface area contributed by atoms with Crippen LogP contribution in [-0.4, -0.2) is 51.9 Å². The highest BCUT2D eigenvalue weighted by Gasteiger charge is 2.24. The molecule has 1 saturated heterocycles. The van der Waals surface area contributed by atoms with E-state index in [1.165, 1.54) is 0 Å². The molecule has 2 aromatic heterocycles. The first-order chi connectivity index (χ1) is 14.2. The Hall–Kier alpha value is -3.48. The molecule has 3 aromatic rings. The Balaban J connectivity index is 1.39. The predicted molar refractivity (Wildman–Crippen MR) is 113 cm³/mol. The largest absolute Gasteiger partial charge is 0.353 e. The number of piperazine rings is 1. The Labute approximate surface area is 170 Å². The highest BCUT2D eigenvalue weighted by atomic mass is 16.2. The van der Waals surface area contributed by atoms with E-state index >= 15 is 0 Å². The SMILES string of the molecule is CC(Nc1nccc(C(=O)N2CCN(c3ccccn3)CC2)n1)c1ccccc1. The van der Waals surface area contributed by atoms with Gasteiger partial charge in [0.15, 0.2) is 0 Å². The average Bonchev–Trinajstić information content (AvgIpc) is 2.80. The van der Waals surface area contributed by atoms with Crippen molar-refractivity contribution in [2.45, 2.75) is 13.0 Å². The third kappa shape index (κ3) is 4.51. The van der Waals surface area contributed by atoms with Crippen molar-refractivity contribution >= 4 is 17.7 Å². The zero-order valence-corrected chi connectivity index (χ0v) is 16.4. The number of anilines is 2. The molecular formula is C22H24N6O. The number of benzene rings is 1. The molecule has 1 fully saturated rings. The highest BCUT2D eigenvalue weighted by Crippen LogP contribution is 2.17. The van der Waals surface area contributed by atoms with Crippen LogP contribution in [0.1, 0.15) is 29.0 Å². The van der Waals surface area contributed by atoms with Gasteiger partial charge in [-0.25, -0.2) is 15.0 Å². The first kappa shape index (κ1) is 18.9. The number of amides is 1. The lowest BCUT2D eigenvalue weighted by atomic mass is 10.1. The van der Waals surface area contributed by atoms with Gasteiger partial charge in [-0.15, -0.1) is 0 Å². The minimum absolute atomic E-state index is 0.0449. The summed E-state index contributed by atoms with van der Waals surface area (Å²) in [5.74, 6) is 1.34. The molecule has 0 radical (unpaired) electrons. The topological polar surface area (TPSA) is 74.2 Å². The molecule has 3 heterocycles. The van der Waals surface area contributed by atoms with Crippen molar-refractivity contribution in [3.05, 3.63) is 78.2 Å². The molecule has 7 nitrogen and oxygen atoms in total. The van der Waals surface area contributed by atoms with Gasteiger partial charge in [0, 0.05) is 38.6 Å². The van der Waals surface area contributed by atoms with Crippen molar-refractivity contribution in [3.63, 3.8) is 0 Å².